The van der Waals surface area contributed by atoms with Crippen LogP contribution in [0.4, 0.5) is 0 Å². The predicted octanol–water partition coefficient (Wildman–Crippen LogP) is 4.07. The average molecular weight is 415 g/mol. The number of H-pyrrole nitrogens is 1. The van der Waals surface area contributed by atoms with E-state index < -0.39 is 0 Å². The largest absolute Gasteiger partial charge is 0.463 e. The zero-order chi connectivity index (χ0) is 21.8. The highest BCUT2D eigenvalue weighted by molar-refractivity contribution is 5.95. The van der Waals surface area contributed by atoms with E-state index in [2.05, 4.69) is 21.3 Å². The van der Waals surface area contributed by atoms with E-state index >= 15 is 0 Å². The summed E-state index contributed by atoms with van der Waals surface area (Å²) in [5.41, 5.74) is 4.29. The summed E-state index contributed by atoms with van der Waals surface area (Å²) in [4.78, 5) is 19.4. The van der Waals surface area contributed by atoms with Crippen LogP contribution in [0, 0.1) is 18.3 Å². The van der Waals surface area contributed by atoms with Crippen molar-refractivity contribution >= 4 is 5.91 Å². The topological polar surface area (TPSA) is 94.9 Å². The number of likely N-dealkylation sites (tertiary alicyclic amines) is 1. The minimum Gasteiger partial charge on any atom is -0.463 e. The number of piperidine rings is 1. The zero-order valence-corrected chi connectivity index (χ0v) is 17.8. The predicted molar refractivity (Wildman–Crippen MR) is 117 cm³/mol. The molecular weight excluding hydrogens is 390 g/mol. The summed E-state index contributed by atoms with van der Waals surface area (Å²) in [7, 11) is 0. The Morgan fingerprint density at radius 2 is 2.03 bits per heavy atom. The molecule has 158 valence electrons. The summed E-state index contributed by atoms with van der Waals surface area (Å²) < 4.78 is 5.33. The third kappa shape index (κ3) is 4.29. The van der Waals surface area contributed by atoms with Gasteiger partial charge in [-0.3, -0.25) is 9.89 Å². The van der Waals surface area contributed by atoms with Crippen molar-refractivity contribution in [3.63, 3.8) is 0 Å². The molecule has 1 N–H and O–H groups in total. The Bertz CT molecular complexity index is 1120. The third-order valence-electron chi connectivity index (χ3n) is 5.78. The highest BCUT2D eigenvalue weighted by Gasteiger charge is 2.26. The van der Waals surface area contributed by atoms with Gasteiger partial charge in [-0.15, -0.1) is 5.10 Å². The van der Waals surface area contributed by atoms with E-state index in [4.69, 9.17) is 4.74 Å². The fourth-order valence-corrected chi connectivity index (χ4v) is 4.10. The normalized spacial score (nSPS) is 14.3. The maximum absolute atomic E-state index is 13.2. The quantitative estimate of drug-likeness (QED) is 0.678. The number of hydrogen-bond acceptors (Lipinski definition) is 5. The van der Waals surface area contributed by atoms with E-state index in [-0.39, 0.29) is 5.91 Å². The number of nitriles is 1. The average Bonchev–Trinajstić information content (AvgIpc) is 3.27. The molecule has 0 radical (unpaired) electrons. The highest BCUT2D eigenvalue weighted by atomic mass is 16.5. The molecule has 1 aliphatic rings. The second-order valence-corrected chi connectivity index (χ2v) is 7.69. The van der Waals surface area contributed by atoms with Gasteiger partial charge in [0.15, 0.2) is 5.82 Å². The molecule has 0 atom stereocenters. The Morgan fingerprint density at radius 1 is 1.26 bits per heavy atom. The molecule has 2 heterocycles. The van der Waals surface area contributed by atoms with Crippen LogP contribution >= 0.6 is 0 Å². The van der Waals surface area contributed by atoms with Crippen LogP contribution in [0.2, 0.25) is 0 Å². The lowest BCUT2D eigenvalue weighted by Crippen LogP contribution is -2.38. The number of hydrogen-bond donors (Lipinski definition) is 1. The van der Waals surface area contributed by atoms with Crippen molar-refractivity contribution in [3.8, 4) is 23.5 Å². The number of aromatic amines is 1. The zero-order valence-electron chi connectivity index (χ0n) is 17.8. The van der Waals surface area contributed by atoms with Gasteiger partial charge in [-0.2, -0.15) is 10.2 Å². The van der Waals surface area contributed by atoms with Crippen LogP contribution in [0.15, 0.2) is 42.5 Å². The lowest BCUT2D eigenvalue weighted by atomic mass is 9.86. The fourth-order valence-electron chi connectivity index (χ4n) is 4.10. The summed E-state index contributed by atoms with van der Waals surface area (Å²) in [5.74, 6) is 0.903. The van der Waals surface area contributed by atoms with Gasteiger partial charge in [0.1, 0.15) is 0 Å². The van der Waals surface area contributed by atoms with Crippen LogP contribution < -0.4 is 4.74 Å². The van der Waals surface area contributed by atoms with Crippen molar-refractivity contribution in [2.75, 3.05) is 19.7 Å². The number of carbonyl (C=O) groups excluding carboxylic acids is 1. The maximum Gasteiger partial charge on any atom is 0.335 e. The molecule has 0 unspecified atom stereocenters. The SMILES string of the molecule is CCOc1n[nH]c(-c2cc(C(=O)N3CCC(c4ccccc4C#N)CC3)ccc2C)n1. The van der Waals surface area contributed by atoms with Crippen molar-refractivity contribution in [3.05, 3.63) is 64.7 Å². The van der Waals surface area contributed by atoms with Gasteiger partial charge < -0.3 is 9.64 Å². The first-order valence-electron chi connectivity index (χ1n) is 10.5. The van der Waals surface area contributed by atoms with E-state index in [1.165, 1.54) is 0 Å². The van der Waals surface area contributed by atoms with E-state index in [0.29, 0.717) is 43.0 Å². The number of aryl methyl sites for hydroxylation is 1. The molecule has 2 aromatic carbocycles. The van der Waals surface area contributed by atoms with Crippen LogP contribution in [-0.4, -0.2) is 45.7 Å². The van der Waals surface area contributed by atoms with Gasteiger partial charge in [0.2, 0.25) is 0 Å². The Kier molecular flexibility index (Phi) is 5.99. The van der Waals surface area contributed by atoms with E-state index in [1.54, 1.807) is 0 Å². The number of nitrogens with one attached hydrogen (secondary N) is 1. The van der Waals surface area contributed by atoms with Crippen LogP contribution in [0.25, 0.3) is 11.4 Å². The van der Waals surface area contributed by atoms with Gasteiger partial charge in [0, 0.05) is 24.2 Å². The lowest BCUT2D eigenvalue weighted by Gasteiger charge is -2.32. The molecule has 0 saturated carbocycles. The van der Waals surface area contributed by atoms with Gasteiger partial charge in [-0.25, -0.2) is 0 Å². The molecule has 3 aromatic rings. The van der Waals surface area contributed by atoms with Gasteiger partial charge in [0.05, 0.1) is 18.2 Å². The molecule has 4 rings (SSSR count). The number of rotatable bonds is 5. The molecule has 1 saturated heterocycles. The first-order valence-corrected chi connectivity index (χ1v) is 10.5. The molecule has 1 aliphatic heterocycles. The minimum absolute atomic E-state index is 0.0119. The molecule has 0 spiro atoms. The van der Waals surface area contributed by atoms with E-state index in [1.807, 2.05) is 61.2 Å². The number of benzene rings is 2. The monoisotopic (exact) mass is 415 g/mol. The standard InChI is InChI=1S/C24H25N5O2/c1-3-31-24-26-22(27-28-24)21-14-18(9-8-16(21)2)23(30)29-12-10-17(11-13-29)20-7-5-4-6-19(20)15-25/h4-9,14,17H,3,10-13H2,1-2H3,(H,26,27,28). The van der Waals surface area contributed by atoms with Crippen LogP contribution in [-0.2, 0) is 0 Å². The molecule has 7 nitrogen and oxygen atoms in total. The highest BCUT2D eigenvalue weighted by Crippen LogP contribution is 2.31. The first kappa shape index (κ1) is 20.6. The number of amides is 1. The Morgan fingerprint density at radius 3 is 2.77 bits per heavy atom. The smallest absolute Gasteiger partial charge is 0.335 e. The van der Waals surface area contributed by atoms with Crippen molar-refractivity contribution in [1.82, 2.24) is 20.1 Å². The second-order valence-electron chi connectivity index (χ2n) is 7.69. The molecule has 7 heteroatoms. The molecule has 1 amide bonds. The number of aromatic nitrogens is 3. The van der Waals surface area contributed by atoms with Crippen LogP contribution in [0.5, 0.6) is 6.01 Å². The lowest BCUT2D eigenvalue weighted by molar-refractivity contribution is 0.0713. The Labute approximate surface area is 181 Å². The van der Waals surface area contributed by atoms with Crippen molar-refractivity contribution in [2.45, 2.75) is 32.6 Å². The van der Waals surface area contributed by atoms with Crippen molar-refractivity contribution in [1.29, 1.82) is 5.26 Å². The summed E-state index contributed by atoms with van der Waals surface area (Å²) in [6.45, 7) is 5.68. The van der Waals surface area contributed by atoms with Gasteiger partial charge in [-0.05, 0) is 61.9 Å². The van der Waals surface area contributed by atoms with Gasteiger partial charge >= 0.3 is 6.01 Å². The second kappa shape index (κ2) is 9.00. The van der Waals surface area contributed by atoms with Crippen LogP contribution in [0.1, 0.15) is 52.7 Å². The van der Waals surface area contributed by atoms with E-state index in [0.717, 1.165) is 35.1 Å². The van der Waals surface area contributed by atoms with E-state index in [9.17, 15) is 10.1 Å². The van der Waals surface area contributed by atoms with Gasteiger partial charge in [-0.1, -0.05) is 24.3 Å². The summed E-state index contributed by atoms with van der Waals surface area (Å²) in [5, 5.41) is 16.3. The Hall–Kier alpha value is -3.66. The molecular formula is C24H25N5O2. The summed E-state index contributed by atoms with van der Waals surface area (Å²) >= 11 is 0. The third-order valence-corrected chi connectivity index (χ3v) is 5.78. The molecule has 31 heavy (non-hydrogen) atoms. The Balaban J connectivity index is 1.48. The molecule has 1 fully saturated rings. The minimum atomic E-state index is 0.0119. The fraction of sp³-hybridized carbons (Fsp3) is 0.333. The summed E-state index contributed by atoms with van der Waals surface area (Å²) in [6.07, 6.45) is 1.70. The van der Waals surface area contributed by atoms with Crippen molar-refractivity contribution < 1.29 is 9.53 Å². The van der Waals surface area contributed by atoms with Gasteiger partial charge in [0.25, 0.3) is 5.91 Å². The number of carbonyl (C=O) groups is 1. The molecule has 0 aliphatic carbocycles. The number of ether oxygens (including phenoxy) is 1. The van der Waals surface area contributed by atoms with Crippen molar-refractivity contribution in [2.24, 2.45) is 0 Å². The van der Waals surface area contributed by atoms with Crippen LogP contribution in [0.3, 0.4) is 0 Å². The molecule has 1 aromatic heterocycles. The first-order chi connectivity index (χ1) is 15.1. The molecule has 0 bridgehead atoms. The summed E-state index contributed by atoms with van der Waals surface area (Å²) in [6, 6.07) is 16.0. The number of nitrogens with zero attached hydrogens (tertiary/aromatic N) is 4. The maximum atomic E-state index is 13.2.